The zero-order valence-corrected chi connectivity index (χ0v) is 14.4. The van der Waals surface area contributed by atoms with Crippen molar-refractivity contribution in [2.75, 3.05) is 6.54 Å². The van der Waals surface area contributed by atoms with Crippen LogP contribution in [0.4, 0.5) is 0 Å². The van der Waals surface area contributed by atoms with E-state index in [4.69, 9.17) is 0 Å². The smallest absolute Gasteiger partial charge is 0.307 e. The summed E-state index contributed by atoms with van der Waals surface area (Å²) in [6.07, 6.45) is 0.334. The third-order valence-corrected chi connectivity index (χ3v) is 5.20. The Morgan fingerprint density at radius 3 is 2.73 bits per heavy atom. The summed E-state index contributed by atoms with van der Waals surface area (Å²) in [4.78, 5) is 24.7. The second-order valence-electron chi connectivity index (χ2n) is 5.09. The third-order valence-electron chi connectivity index (χ3n) is 3.21. The molecule has 0 fully saturated rings. The van der Waals surface area contributed by atoms with E-state index in [0.29, 0.717) is 24.8 Å². The normalized spacial score (nSPS) is 12.1. The van der Waals surface area contributed by atoms with Gasteiger partial charge in [0.25, 0.3) is 0 Å². The van der Waals surface area contributed by atoms with Crippen molar-refractivity contribution in [3.8, 4) is 0 Å². The molecule has 1 amide bonds. The lowest BCUT2D eigenvalue weighted by Gasteiger charge is -2.12. The van der Waals surface area contributed by atoms with Gasteiger partial charge in [-0.2, -0.15) is 0 Å². The number of aryl methyl sites for hydroxylation is 1. The van der Waals surface area contributed by atoms with Gasteiger partial charge < -0.3 is 9.88 Å². The Morgan fingerprint density at radius 1 is 1.36 bits per heavy atom. The monoisotopic (exact) mass is 336 g/mol. The fourth-order valence-electron chi connectivity index (χ4n) is 2.01. The number of rotatable bonds is 7. The van der Waals surface area contributed by atoms with Crippen molar-refractivity contribution in [3.05, 3.63) is 51.1 Å². The maximum absolute atomic E-state index is 11.9. The Labute approximate surface area is 138 Å². The first-order valence-corrected chi connectivity index (χ1v) is 8.95. The van der Waals surface area contributed by atoms with Crippen LogP contribution in [-0.2, 0) is 11.3 Å². The highest BCUT2D eigenvalue weighted by molar-refractivity contribution is 8.00. The molecule has 2 rings (SSSR count). The molecule has 0 saturated carbocycles. The van der Waals surface area contributed by atoms with E-state index >= 15 is 0 Å². The molecule has 0 saturated heterocycles. The minimum absolute atomic E-state index is 0.00157. The molecule has 0 spiro atoms. The van der Waals surface area contributed by atoms with Crippen LogP contribution >= 0.6 is 23.1 Å². The van der Waals surface area contributed by atoms with Crippen molar-refractivity contribution >= 4 is 29.0 Å². The van der Waals surface area contributed by atoms with Crippen LogP contribution in [0.5, 0.6) is 0 Å². The summed E-state index contributed by atoms with van der Waals surface area (Å²) in [5, 5.41) is 5.05. The molecule has 0 aliphatic carbocycles. The van der Waals surface area contributed by atoms with E-state index in [-0.39, 0.29) is 10.8 Å². The fraction of sp³-hybridized carbons (Fsp3) is 0.375. The molecule has 0 aliphatic rings. The van der Waals surface area contributed by atoms with Gasteiger partial charge in [-0.15, -0.1) is 11.8 Å². The van der Waals surface area contributed by atoms with Crippen LogP contribution in [0.1, 0.15) is 19.0 Å². The number of hydrogen-bond donors (Lipinski definition) is 1. The average molecular weight is 336 g/mol. The summed E-state index contributed by atoms with van der Waals surface area (Å²) in [7, 11) is 0. The highest BCUT2D eigenvalue weighted by Gasteiger charge is 2.09. The van der Waals surface area contributed by atoms with Crippen molar-refractivity contribution in [1.29, 1.82) is 0 Å². The largest absolute Gasteiger partial charge is 0.355 e. The van der Waals surface area contributed by atoms with Gasteiger partial charge in [0.15, 0.2) is 0 Å². The molecule has 4 nitrogen and oxygen atoms in total. The number of carbonyl (C=O) groups is 1. The van der Waals surface area contributed by atoms with Crippen LogP contribution in [0.25, 0.3) is 0 Å². The molecule has 0 bridgehead atoms. The molecule has 1 aromatic heterocycles. The number of amides is 1. The van der Waals surface area contributed by atoms with Crippen molar-refractivity contribution in [3.63, 3.8) is 0 Å². The van der Waals surface area contributed by atoms with Crippen LogP contribution in [-0.4, -0.2) is 22.3 Å². The van der Waals surface area contributed by atoms with E-state index in [0.717, 1.165) is 5.69 Å². The summed E-state index contributed by atoms with van der Waals surface area (Å²) in [6.45, 7) is 5.04. The van der Waals surface area contributed by atoms with E-state index in [1.165, 1.54) is 16.2 Å². The zero-order valence-electron chi connectivity index (χ0n) is 12.7. The third kappa shape index (κ3) is 5.03. The maximum atomic E-state index is 11.9. The SMILES string of the molecule is Cc1csc(=O)n1CCC(=O)NC[C@H](C)Sc1ccccc1. The van der Waals surface area contributed by atoms with Crippen LogP contribution in [0, 0.1) is 6.92 Å². The topological polar surface area (TPSA) is 51.1 Å². The van der Waals surface area contributed by atoms with Crippen molar-refractivity contribution < 1.29 is 4.79 Å². The van der Waals surface area contributed by atoms with E-state index in [2.05, 4.69) is 24.4 Å². The van der Waals surface area contributed by atoms with Crippen LogP contribution < -0.4 is 10.2 Å². The Morgan fingerprint density at radius 2 is 2.09 bits per heavy atom. The molecule has 1 aromatic carbocycles. The van der Waals surface area contributed by atoms with Crippen LogP contribution in [0.15, 0.2) is 45.4 Å². The lowest BCUT2D eigenvalue weighted by molar-refractivity contribution is -0.121. The molecule has 0 radical (unpaired) electrons. The van der Waals surface area contributed by atoms with Crippen molar-refractivity contribution in [2.24, 2.45) is 0 Å². The van der Waals surface area contributed by atoms with Gasteiger partial charge in [-0.25, -0.2) is 0 Å². The number of benzene rings is 1. The second-order valence-corrected chi connectivity index (χ2v) is 7.42. The second kappa shape index (κ2) is 8.19. The van der Waals surface area contributed by atoms with Crippen LogP contribution in [0.3, 0.4) is 0 Å². The predicted octanol–water partition coefficient (Wildman–Crippen LogP) is 2.91. The lowest BCUT2D eigenvalue weighted by Crippen LogP contribution is -2.30. The minimum Gasteiger partial charge on any atom is -0.355 e. The Hall–Kier alpha value is -1.53. The molecule has 118 valence electrons. The molecule has 1 N–H and O–H groups in total. The number of hydrogen-bond acceptors (Lipinski definition) is 4. The molecule has 1 heterocycles. The first-order chi connectivity index (χ1) is 10.6. The molecule has 6 heteroatoms. The van der Waals surface area contributed by atoms with Gasteiger partial charge in [0, 0.05) is 40.7 Å². The molecule has 22 heavy (non-hydrogen) atoms. The van der Waals surface area contributed by atoms with Crippen molar-refractivity contribution in [1.82, 2.24) is 9.88 Å². The zero-order chi connectivity index (χ0) is 15.9. The number of nitrogens with zero attached hydrogens (tertiary/aromatic N) is 1. The van der Waals surface area contributed by atoms with Crippen LogP contribution in [0.2, 0.25) is 0 Å². The van der Waals surface area contributed by atoms with E-state index in [1.54, 1.807) is 16.3 Å². The quantitative estimate of drug-likeness (QED) is 0.791. The van der Waals surface area contributed by atoms with Gasteiger partial charge in [-0.3, -0.25) is 9.59 Å². The summed E-state index contributed by atoms with van der Waals surface area (Å²) in [5.74, 6) is -0.0157. The van der Waals surface area contributed by atoms with Crippen molar-refractivity contribution in [2.45, 2.75) is 37.0 Å². The Bertz CT molecular complexity index is 664. The first-order valence-electron chi connectivity index (χ1n) is 7.19. The number of aromatic nitrogens is 1. The molecular formula is C16H20N2O2S2. The number of carbonyl (C=O) groups excluding carboxylic acids is 1. The number of nitrogens with one attached hydrogen (secondary N) is 1. The standard InChI is InChI=1S/C16H20N2O2S2/c1-12-11-21-16(20)18(12)9-8-15(19)17-10-13(2)22-14-6-4-3-5-7-14/h3-7,11,13H,8-10H2,1-2H3,(H,17,19)/t13-/m0/s1. The van der Waals surface area contributed by atoms with E-state index < -0.39 is 0 Å². The summed E-state index contributed by atoms with van der Waals surface area (Å²) >= 11 is 2.91. The fourth-order valence-corrected chi connectivity index (χ4v) is 3.71. The average Bonchev–Trinajstić information content (AvgIpc) is 2.83. The number of thiazole rings is 1. The summed E-state index contributed by atoms with van der Waals surface area (Å²) in [6, 6.07) is 10.1. The van der Waals surface area contributed by atoms with Gasteiger partial charge in [-0.05, 0) is 19.1 Å². The highest BCUT2D eigenvalue weighted by atomic mass is 32.2. The summed E-state index contributed by atoms with van der Waals surface area (Å²) in [5.41, 5.74) is 0.913. The predicted molar refractivity (Wildman–Crippen MR) is 92.7 cm³/mol. The lowest BCUT2D eigenvalue weighted by atomic mass is 10.3. The van der Waals surface area contributed by atoms with E-state index in [1.807, 2.05) is 30.5 Å². The Kier molecular flexibility index (Phi) is 6.27. The molecule has 0 aliphatic heterocycles. The van der Waals surface area contributed by atoms with Gasteiger partial charge in [0.2, 0.25) is 5.91 Å². The van der Waals surface area contributed by atoms with Gasteiger partial charge in [0.05, 0.1) is 0 Å². The van der Waals surface area contributed by atoms with Gasteiger partial charge in [0.1, 0.15) is 0 Å². The molecule has 0 unspecified atom stereocenters. The Balaban J connectivity index is 1.72. The maximum Gasteiger partial charge on any atom is 0.307 e. The summed E-state index contributed by atoms with van der Waals surface area (Å²) < 4.78 is 1.65. The first kappa shape index (κ1) is 16.8. The number of thioether (sulfide) groups is 1. The highest BCUT2D eigenvalue weighted by Crippen LogP contribution is 2.21. The molecule has 2 aromatic rings. The van der Waals surface area contributed by atoms with E-state index in [9.17, 15) is 9.59 Å². The minimum atomic E-state index is -0.0157. The van der Waals surface area contributed by atoms with Gasteiger partial charge in [-0.1, -0.05) is 36.5 Å². The molecule has 1 atom stereocenters. The van der Waals surface area contributed by atoms with Gasteiger partial charge >= 0.3 is 4.87 Å². The molecular weight excluding hydrogens is 316 g/mol.